The molecule has 0 saturated heterocycles. The molecule has 1 aliphatic carbocycles. The van der Waals surface area contributed by atoms with E-state index >= 15 is 0 Å². The van der Waals surface area contributed by atoms with E-state index in [0.29, 0.717) is 5.56 Å². The van der Waals surface area contributed by atoms with Gasteiger partial charge in [-0.25, -0.2) is 0 Å². The SMILES string of the molecule is CC(C)(C)NN.Cl.O=C(Cl)c1ccccc1.O=C(O)CC1(Cl)C=CC(C(=O)Cl)C=C1. The molecule has 0 bridgehead atoms. The number of hydrogen-bond donors (Lipinski definition) is 3. The molecule has 0 saturated carbocycles. The predicted octanol–water partition coefficient (Wildman–Crippen LogP) is 4.68. The summed E-state index contributed by atoms with van der Waals surface area (Å²) in [5.41, 5.74) is 3.21. The van der Waals surface area contributed by atoms with Crippen molar-refractivity contribution < 1.29 is 19.5 Å². The molecule has 0 unspecified atom stereocenters. The van der Waals surface area contributed by atoms with Crippen molar-refractivity contribution in [3.63, 3.8) is 0 Å². The minimum Gasteiger partial charge on any atom is -0.481 e. The number of allylic oxidation sites excluding steroid dienone is 4. The third kappa shape index (κ3) is 14.6. The fourth-order valence-corrected chi connectivity index (χ4v) is 2.25. The van der Waals surface area contributed by atoms with Crippen molar-refractivity contribution in [1.82, 2.24) is 5.43 Å². The van der Waals surface area contributed by atoms with Crippen molar-refractivity contribution in [1.29, 1.82) is 0 Å². The lowest BCUT2D eigenvalue weighted by Crippen LogP contribution is -2.41. The molecular weight excluding hydrogens is 474 g/mol. The fraction of sp³-hybridized carbons (Fsp3) is 0.350. The van der Waals surface area contributed by atoms with Gasteiger partial charge in [0.05, 0.1) is 17.2 Å². The highest BCUT2D eigenvalue weighted by Gasteiger charge is 2.28. The lowest BCUT2D eigenvalue weighted by atomic mass is 9.94. The number of carbonyl (C=O) groups excluding carboxylic acids is 2. The second kappa shape index (κ2) is 14.6. The standard InChI is InChI=1S/C9H8Cl2O3.C7H5ClO.C4H12N2.ClH/c10-8(14)6-1-3-9(11,4-2-6)5-7(12)13;8-7(9)6-4-2-1-3-5-6;1-4(2,3)6-5;/h1-4,6H,5H2,(H,12,13);1-5H;6H,5H2,1-3H3;1H. The van der Waals surface area contributed by atoms with Crippen LogP contribution in [0.3, 0.4) is 0 Å². The molecule has 0 atom stereocenters. The van der Waals surface area contributed by atoms with Crippen molar-refractivity contribution in [2.45, 2.75) is 37.6 Å². The van der Waals surface area contributed by atoms with E-state index in [0.717, 1.165) is 0 Å². The predicted molar refractivity (Wildman–Crippen MR) is 124 cm³/mol. The zero-order valence-corrected chi connectivity index (χ0v) is 19.9. The zero-order chi connectivity index (χ0) is 22.7. The zero-order valence-electron chi connectivity index (χ0n) is 16.8. The molecule has 0 aromatic heterocycles. The van der Waals surface area contributed by atoms with E-state index in [4.69, 9.17) is 45.8 Å². The Labute approximate surface area is 197 Å². The Balaban J connectivity index is 0. The number of rotatable bonds is 4. The van der Waals surface area contributed by atoms with Crippen LogP contribution < -0.4 is 11.3 Å². The Morgan fingerprint density at radius 3 is 1.80 bits per heavy atom. The molecule has 1 aliphatic rings. The molecule has 0 fully saturated rings. The molecule has 1 aromatic carbocycles. The van der Waals surface area contributed by atoms with Crippen LogP contribution in [0.2, 0.25) is 0 Å². The van der Waals surface area contributed by atoms with Crippen LogP contribution in [0.4, 0.5) is 0 Å². The molecule has 6 nitrogen and oxygen atoms in total. The minimum atomic E-state index is -1.03. The summed E-state index contributed by atoms with van der Waals surface area (Å²) < 4.78 is 0. The summed E-state index contributed by atoms with van der Waals surface area (Å²) in [6, 6.07) is 8.74. The molecule has 1 aromatic rings. The van der Waals surface area contributed by atoms with Crippen molar-refractivity contribution in [2.75, 3.05) is 0 Å². The van der Waals surface area contributed by atoms with Gasteiger partial charge in [-0.05, 0) is 44.0 Å². The monoisotopic (exact) mass is 498 g/mol. The van der Waals surface area contributed by atoms with E-state index in [1.54, 1.807) is 24.3 Å². The molecule has 0 amide bonds. The Bertz CT molecular complexity index is 733. The maximum absolute atomic E-state index is 10.7. The number of aliphatic carboxylic acids is 1. The quantitative estimate of drug-likeness (QED) is 0.182. The number of hydrogen-bond acceptors (Lipinski definition) is 5. The molecule has 4 N–H and O–H groups in total. The number of carbonyl (C=O) groups is 3. The fourth-order valence-electron chi connectivity index (χ4n) is 1.72. The minimum absolute atomic E-state index is 0. The smallest absolute Gasteiger partial charge is 0.305 e. The summed E-state index contributed by atoms with van der Waals surface area (Å²) in [5, 5.41) is 7.65. The van der Waals surface area contributed by atoms with Crippen LogP contribution in [-0.2, 0) is 9.59 Å². The van der Waals surface area contributed by atoms with Gasteiger partial charge in [-0.2, -0.15) is 0 Å². The van der Waals surface area contributed by atoms with Crippen molar-refractivity contribution in [2.24, 2.45) is 11.8 Å². The summed E-state index contributed by atoms with van der Waals surface area (Å²) in [7, 11) is 0. The first-order chi connectivity index (χ1) is 13.3. The highest BCUT2D eigenvalue weighted by molar-refractivity contribution is 6.67. The van der Waals surface area contributed by atoms with Gasteiger partial charge in [0.2, 0.25) is 5.24 Å². The second-order valence-electron chi connectivity index (χ2n) is 7.08. The van der Waals surface area contributed by atoms with Crippen molar-refractivity contribution in [3.05, 3.63) is 60.2 Å². The number of carboxylic acid groups (broad SMARTS) is 1. The Morgan fingerprint density at radius 1 is 1.10 bits per heavy atom. The van der Waals surface area contributed by atoms with Crippen molar-refractivity contribution in [3.8, 4) is 0 Å². The number of carboxylic acids is 1. The van der Waals surface area contributed by atoms with Crippen LogP contribution >= 0.6 is 47.2 Å². The number of nitrogens with two attached hydrogens (primary N) is 1. The Hall–Kier alpha value is -1.41. The van der Waals surface area contributed by atoms with Crippen LogP contribution in [0.5, 0.6) is 0 Å². The average molecular weight is 500 g/mol. The number of alkyl halides is 1. The maximum atomic E-state index is 10.7. The van der Waals surface area contributed by atoms with Gasteiger partial charge < -0.3 is 5.11 Å². The molecular formula is C20H26Cl4N2O4. The van der Waals surface area contributed by atoms with Gasteiger partial charge in [0.1, 0.15) is 0 Å². The molecule has 0 radical (unpaired) electrons. The lowest BCUT2D eigenvalue weighted by Gasteiger charge is -2.21. The van der Waals surface area contributed by atoms with Gasteiger partial charge in [-0.1, -0.05) is 54.6 Å². The second-order valence-corrected chi connectivity index (χ2v) is 8.50. The lowest BCUT2D eigenvalue weighted by molar-refractivity contribution is -0.137. The Morgan fingerprint density at radius 2 is 1.53 bits per heavy atom. The number of hydrazine groups is 1. The molecule has 30 heavy (non-hydrogen) atoms. The van der Waals surface area contributed by atoms with E-state index in [-0.39, 0.29) is 24.4 Å². The van der Waals surface area contributed by atoms with Crippen LogP contribution in [0.1, 0.15) is 37.6 Å². The van der Waals surface area contributed by atoms with E-state index < -0.39 is 27.2 Å². The first-order valence-electron chi connectivity index (χ1n) is 8.51. The summed E-state index contributed by atoms with van der Waals surface area (Å²) in [6.07, 6.45) is 5.75. The first-order valence-corrected chi connectivity index (χ1v) is 9.64. The van der Waals surface area contributed by atoms with Gasteiger partial charge in [0.25, 0.3) is 5.24 Å². The molecule has 2 rings (SSSR count). The van der Waals surface area contributed by atoms with Crippen LogP contribution in [0.15, 0.2) is 54.6 Å². The van der Waals surface area contributed by atoms with E-state index in [1.807, 2.05) is 26.8 Å². The number of halogens is 4. The van der Waals surface area contributed by atoms with Crippen LogP contribution in [0, 0.1) is 5.92 Å². The van der Waals surface area contributed by atoms with Crippen LogP contribution in [0.25, 0.3) is 0 Å². The van der Waals surface area contributed by atoms with Gasteiger partial charge in [0.15, 0.2) is 0 Å². The summed E-state index contributed by atoms with van der Waals surface area (Å²) in [4.78, 5) is 30.6. The third-order valence-electron chi connectivity index (χ3n) is 3.28. The highest BCUT2D eigenvalue weighted by atomic mass is 35.5. The largest absolute Gasteiger partial charge is 0.481 e. The van der Waals surface area contributed by atoms with Gasteiger partial charge in [-0.3, -0.25) is 25.7 Å². The third-order valence-corrected chi connectivity index (χ3v) is 4.14. The van der Waals surface area contributed by atoms with Gasteiger partial charge >= 0.3 is 5.97 Å². The molecule has 0 heterocycles. The highest BCUT2D eigenvalue weighted by Crippen LogP contribution is 2.29. The van der Waals surface area contributed by atoms with E-state index in [9.17, 15) is 14.4 Å². The molecule has 10 heteroatoms. The van der Waals surface area contributed by atoms with Crippen LogP contribution in [-0.4, -0.2) is 32.0 Å². The summed E-state index contributed by atoms with van der Waals surface area (Å²) in [6.45, 7) is 6.02. The maximum Gasteiger partial charge on any atom is 0.305 e. The van der Waals surface area contributed by atoms with E-state index in [1.165, 1.54) is 24.3 Å². The van der Waals surface area contributed by atoms with Gasteiger partial charge in [0, 0.05) is 11.1 Å². The van der Waals surface area contributed by atoms with Crippen molar-refractivity contribution >= 4 is 63.7 Å². The molecule has 0 spiro atoms. The number of nitrogens with one attached hydrogen (secondary N) is 1. The summed E-state index contributed by atoms with van der Waals surface area (Å²) >= 11 is 16.4. The first kappa shape index (κ1) is 30.8. The molecule has 0 aliphatic heterocycles. The average Bonchev–Trinajstić information content (AvgIpc) is 2.62. The molecule has 168 valence electrons. The Kier molecular flexibility index (Phi) is 14.9. The van der Waals surface area contributed by atoms with Gasteiger partial charge in [-0.15, -0.1) is 24.0 Å². The topological polar surface area (TPSA) is 109 Å². The number of benzene rings is 1. The van der Waals surface area contributed by atoms with E-state index in [2.05, 4.69) is 5.43 Å². The summed E-state index contributed by atoms with van der Waals surface area (Å²) in [5.74, 6) is 3.56. The normalized spacial score (nSPS) is 19.2.